The highest BCUT2D eigenvalue weighted by Crippen LogP contribution is 2.34. The van der Waals surface area contributed by atoms with Crippen LogP contribution in [0.25, 0.3) is 0 Å². The van der Waals surface area contributed by atoms with Gasteiger partial charge in [0.05, 0.1) is 19.4 Å². The molecule has 0 unspecified atom stereocenters. The zero-order valence-corrected chi connectivity index (χ0v) is 13.9. The van der Waals surface area contributed by atoms with Crippen LogP contribution in [0.1, 0.15) is 25.2 Å². The van der Waals surface area contributed by atoms with Gasteiger partial charge in [-0.2, -0.15) is 0 Å². The van der Waals surface area contributed by atoms with Crippen LogP contribution in [-0.2, 0) is 16.9 Å². The molecule has 0 aliphatic carbocycles. The van der Waals surface area contributed by atoms with Gasteiger partial charge < -0.3 is 19.2 Å². The molecule has 0 atom stereocenters. The summed E-state index contributed by atoms with van der Waals surface area (Å²) in [5, 5.41) is 6.09. The molecule has 3 rings (SSSR count). The molecule has 1 aliphatic rings. The van der Waals surface area contributed by atoms with Gasteiger partial charge in [0, 0.05) is 5.54 Å². The number of furan rings is 1. The molecule has 0 spiro atoms. The molecule has 1 aromatic heterocycles. The predicted molar refractivity (Wildman–Crippen MR) is 89.0 cm³/mol. The van der Waals surface area contributed by atoms with Gasteiger partial charge >= 0.3 is 0 Å². The van der Waals surface area contributed by atoms with E-state index in [4.69, 9.17) is 13.9 Å². The molecule has 0 radical (unpaired) electrons. The number of carbonyl (C=O) groups excluding carboxylic acids is 1. The van der Waals surface area contributed by atoms with Crippen LogP contribution in [-0.4, -0.2) is 25.7 Å². The number of fused-ring (bicyclic) bond motifs is 1. The standard InChI is InChI=1S/C18H22N2O4/c1-18(2,13-5-6-15-16(10-13)24-9-8-23-15)20-12-17(21)19-11-14-4-3-7-22-14/h3-7,10,20H,8-9,11-12H2,1-2H3,(H,19,21). The Morgan fingerprint density at radius 2 is 1.96 bits per heavy atom. The van der Waals surface area contributed by atoms with Crippen molar-refractivity contribution in [2.24, 2.45) is 0 Å². The highest BCUT2D eigenvalue weighted by atomic mass is 16.6. The smallest absolute Gasteiger partial charge is 0.234 e. The van der Waals surface area contributed by atoms with Crippen LogP contribution in [0.2, 0.25) is 0 Å². The first-order valence-electron chi connectivity index (χ1n) is 7.99. The number of benzene rings is 1. The third-order valence-electron chi connectivity index (χ3n) is 3.99. The first-order chi connectivity index (χ1) is 11.5. The van der Waals surface area contributed by atoms with E-state index in [1.54, 1.807) is 12.3 Å². The molecular formula is C18H22N2O4. The monoisotopic (exact) mass is 330 g/mol. The second-order valence-corrected chi connectivity index (χ2v) is 6.19. The maximum Gasteiger partial charge on any atom is 0.234 e. The van der Waals surface area contributed by atoms with Crippen molar-refractivity contribution in [1.82, 2.24) is 10.6 Å². The summed E-state index contributed by atoms with van der Waals surface area (Å²) in [5.41, 5.74) is 0.656. The van der Waals surface area contributed by atoms with Crippen molar-refractivity contribution in [3.05, 3.63) is 47.9 Å². The van der Waals surface area contributed by atoms with Crippen molar-refractivity contribution in [1.29, 1.82) is 0 Å². The van der Waals surface area contributed by atoms with Gasteiger partial charge in [0.15, 0.2) is 11.5 Å². The third-order valence-corrected chi connectivity index (χ3v) is 3.99. The number of ether oxygens (including phenoxy) is 2. The lowest BCUT2D eigenvalue weighted by atomic mass is 9.93. The van der Waals surface area contributed by atoms with Gasteiger partial charge in [-0.15, -0.1) is 0 Å². The van der Waals surface area contributed by atoms with Gasteiger partial charge in [-0.25, -0.2) is 0 Å². The van der Waals surface area contributed by atoms with Gasteiger partial charge in [-0.3, -0.25) is 10.1 Å². The Morgan fingerprint density at radius 3 is 2.71 bits per heavy atom. The zero-order chi connectivity index (χ0) is 17.0. The van der Waals surface area contributed by atoms with Gasteiger partial charge in [0.2, 0.25) is 5.91 Å². The van der Waals surface area contributed by atoms with E-state index in [0.29, 0.717) is 19.8 Å². The number of amides is 1. The Kier molecular flexibility index (Phi) is 4.76. The fourth-order valence-corrected chi connectivity index (χ4v) is 2.50. The zero-order valence-electron chi connectivity index (χ0n) is 13.9. The number of hydrogen-bond donors (Lipinski definition) is 2. The maximum absolute atomic E-state index is 12.0. The highest BCUT2D eigenvalue weighted by Gasteiger charge is 2.23. The van der Waals surface area contributed by atoms with Crippen LogP contribution in [0.5, 0.6) is 11.5 Å². The number of carbonyl (C=O) groups is 1. The molecule has 2 heterocycles. The van der Waals surface area contributed by atoms with E-state index in [1.807, 2.05) is 38.1 Å². The topological polar surface area (TPSA) is 72.7 Å². The largest absolute Gasteiger partial charge is 0.486 e. The Bertz CT molecular complexity index is 695. The summed E-state index contributed by atoms with van der Waals surface area (Å²) in [5.74, 6) is 2.15. The fourth-order valence-electron chi connectivity index (χ4n) is 2.50. The van der Waals surface area contributed by atoms with E-state index in [-0.39, 0.29) is 18.0 Å². The van der Waals surface area contributed by atoms with Crippen molar-refractivity contribution in [3.8, 4) is 11.5 Å². The van der Waals surface area contributed by atoms with Gasteiger partial charge in [0.1, 0.15) is 19.0 Å². The van der Waals surface area contributed by atoms with E-state index < -0.39 is 0 Å². The molecule has 6 nitrogen and oxygen atoms in total. The molecule has 0 fully saturated rings. The van der Waals surface area contributed by atoms with Gasteiger partial charge in [-0.05, 0) is 43.7 Å². The number of nitrogens with one attached hydrogen (secondary N) is 2. The number of rotatable bonds is 6. The van der Waals surface area contributed by atoms with Crippen LogP contribution in [0, 0.1) is 0 Å². The number of hydrogen-bond acceptors (Lipinski definition) is 5. The van der Waals surface area contributed by atoms with E-state index in [0.717, 1.165) is 22.8 Å². The summed E-state index contributed by atoms with van der Waals surface area (Å²) < 4.78 is 16.4. The summed E-state index contributed by atoms with van der Waals surface area (Å²) >= 11 is 0. The third kappa shape index (κ3) is 3.89. The normalized spacial score (nSPS) is 13.6. The molecule has 1 aliphatic heterocycles. The van der Waals surface area contributed by atoms with E-state index in [9.17, 15) is 4.79 Å². The highest BCUT2D eigenvalue weighted by molar-refractivity contribution is 5.78. The molecule has 2 N–H and O–H groups in total. The van der Waals surface area contributed by atoms with Crippen LogP contribution < -0.4 is 20.1 Å². The second-order valence-electron chi connectivity index (χ2n) is 6.19. The fraction of sp³-hybridized carbons (Fsp3) is 0.389. The quantitative estimate of drug-likeness (QED) is 0.849. The van der Waals surface area contributed by atoms with Crippen molar-refractivity contribution in [3.63, 3.8) is 0 Å². The molecule has 0 bridgehead atoms. The Morgan fingerprint density at radius 1 is 1.17 bits per heavy atom. The summed E-state index contributed by atoms with van der Waals surface area (Å²) in [6.45, 7) is 5.78. The molecule has 6 heteroatoms. The van der Waals surface area contributed by atoms with E-state index in [1.165, 1.54) is 0 Å². The van der Waals surface area contributed by atoms with E-state index >= 15 is 0 Å². The molecular weight excluding hydrogens is 308 g/mol. The second kappa shape index (κ2) is 6.97. The van der Waals surface area contributed by atoms with Crippen molar-refractivity contribution in [2.75, 3.05) is 19.8 Å². The van der Waals surface area contributed by atoms with Crippen molar-refractivity contribution >= 4 is 5.91 Å². The minimum absolute atomic E-state index is 0.0861. The minimum Gasteiger partial charge on any atom is -0.486 e. The van der Waals surface area contributed by atoms with Crippen LogP contribution in [0.15, 0.2) is 41.0 Å². The molecule has 0 saturated heterocycles. The lowest BCUT2D eigenvalue weighted by molar-refractivity contribution is -0.120. The maximum atomic E-state index is 12.0. The van der Waals surface area contributed by atoms with Crippen molar-refractivity contribution in [2.45, 2.75) is 25.9 Å². The summed E-state index contributed by atoms with van der Waals surface area (Å²) in [4.78, 5) is 12.0. The SMILES string of the molecule is CC(C)(NCC(=O)NCc1ccco1)c1ccc2c(c1)OCCO2. The molecule has 24 heavy (non-hydrogen) atoms. The molecule has 1 aromatic carbocycles. The van der Waals surface area contributed by atoms with Crippen LogP contribution in [0.4, 0.5) is 0 Å². The minimum atomic E-state index is -0.377. The van der Waals surface area contributed by atoms with Crippen LogP contribution in [0.3, 0.4) is 0 Å². The van der Waals surface area contributed by atoms with E-state index in [2.05, 4.69) is 10.6 Å². The first-order valence-corrected chi connectivity index (χ1v) is 7.99. The van der Waals surface area contributed by atoms with Gasteiger partial charge in [-0.1, -0.05) is 6.07 Å². The molecule has 2 aromatic rings. The Balaban J connectivity index is 1.56. The molecule has 0 saturated carbocycles. The molecule has 128 valence electrons. The predicted octanol–water partition coefficient (Wildman–Crippen LogP) is 2.19. The Labute approximate surface area is 141 Å². The van der Waals surface area contributed by atoms with Gasteiger partial charge in [0.25, 0.3) is 0 Å². The average molecular weight is 330 g/mol. The average Bonchev–Trinajstić information content (AvgIpc) is 3.11. The first kappa shape index (κ1) is 16.4. The summed E-state index contributed by atoms with van der Waals surface area (Å²) in [6, 6.07) is 9.48. The Hall–Kier alpha value is -2.47. The lowest BCUT2D eigenvalue weighted by Gasteiger charge is -2.28. The molecule has 1 amide bonds. The van der Waals surface area contributed by atoms with Crippen LogP contribution >= 0.6 is 0 Å². The summed E-state index contributed by atoms with van der Waals surface area (Å²) in [7, 11) is 0. The summed E-state index contributed by atoms with van der Waals surface area (Å²) in [6.07, 6.45) is 1.59. The lowest BCUT2D eigenvalue weighted by Crippen LogP contribution is -2.43. The van der Waals surface area contributed by atoms with Crippen molar-refractivity contribution < 1.29 is 18.7 Å².